The van der Waals surface area contributed by atoms with Crippen LogP contribution in [0.2, 0.25) is 0 Å². The van der Waals surface area contributed by atoms with Crippen molar-refractivity contribution in [3.05, 3.63) is 30.1 Å². The van der Waals surface area contributed by atoms with Crippen LogP contribution < -0.4 is 0 Å². The lowest BCUT2D eigenvalue weighted by Crippen LogP contribution is -2.11. The summed E-state index contributed by atoms with van der Waals surface area (Å²) in [5.41, 5.74) is 0.941. The van der Waals surface area contributed by atoms with E-state index in [2.05, 4.69) is 15.2 Å². The Labute approximate surface area is 146 Å². The molecule has 0 aliphatic rings. The Bertz CT molecular complexity index is 866. The average Bonchev–Trinajstić information content (AvgIpc) is 3.04. The van der Waals surface area contributed by atoms with E-state index < -0.39 is 12.0 Å². The fourth-order valence-electron chi connectivity index (χ4n) is 2.57. The van der Waals surface area contributed by atoms with Crippen molar-refractivity contribution in [2.24, 2.45) is 0 Å². The quantitative estimate of drug-likeness (QED) is 0.504. The number of alkyl halides is 3. The predicted octanol–water partition coefficient (Wildman–Crippen LogP) is 3.94. The third-order valence-corrected chi connectivity index (χ3v) is 4.78. The molecule has 0 saturated carbocycles. The highest BCUT2D eigenvalue weighted by Crippen LogP contribution is 2.33. The van der Waals surface area contributed by atoms with Gasteiger partial charge in [-0.05, 0) is 30.7 Å². The number of aliphatic hydroxyl groups is 1. The number of fused-ring (bicyclic) bond motifs is 3. The standard InChI is InChI=1S/C16H17F3N4OS/c17-16(18,19)15-22-21-13-14(25-10-6-2-1-5-9-24)20-11-7-3-4-8-12(11)23(13)15/h3-4,7-8,24H,1-2,5-6,9-10H2. The highest BCUT2D eigenvalue weighted by molar-refractivity contribution is 7.99. The first-order chi connectivity index (χ1) is 12.0. The van der Waals surface area contributed by atoms with E-state index >= 15 is 0 Å². The van der Waals surface area contributed by atoms with Crippen LogP contribution in [0.5, 0.6) is 0 Å². The zero-order valence-electron chi connectivity index (χ0n) is 13.3. The van der Waals surface area contributed by atoms with Gasteiger partial charge in [-0.15, -0.1) is 22.0 Å². The molecule has 3 aromatic rings. The Morgan fingerprint density at radius 2 is 1.80 bits per heavy atom. The van der Waals surface area contributed by atoms with Crippen LogP contribution >= 0.6 is 11.8 Å². The third kappa shape index (κ3) is 3.87. The summed E-state index contributed by atoms with van der Waals surface area (Å²) in [7, 11) is 0. The second kappa shape index (κ2) is 7.57. The maximum Gasteiger partial charge on any atom is 0.452 e. The van der Waals surface area contributed by atoms with Crippen LogP contribution in [0.15, 0.2) is 29.3 Å². The molecule has 2 heterocycles. The van der Waals surface area contributed by atoms with Gasteiger partial charge in [0.25, 0.3) is 0 Å². The molecule has 3 rings (SSSR count). The van der Waals surface area contributed by atoms with Gasteiger partial charge in [-0.1, -0.05) is 25.0 Å². The zero-order chi connectivity index (χ0) is 17.9. The summed E-state index contributed by atoms with van der Waals surface area (Å²) < 4.78 is 40.8. The summed E-state index contributed by atoms with van der Waals surface area (Å²) in [6.45, 7) is 0.181. The number of rotatable bonds is 7. The van der Waals surface area contributed by atoms with Crippen LogP contribution in [0.3, 0.4) is 0 Å². The number of para-hydroxylation sites is 2. The van der Waals surface area contributed by atoms with Crippen molar-refractivity contribution in [1.29, 1.82) is 0 Å². The minimum absolute atomic E-state index is 0.131. The highest BCUT2D eigenvalue weighted by atomic mass is 32.2. The van der Waals surface area contributed by atoms with Crippen LogP contribution in [-0.4, -0.2) is 37.0 Å². The van der Waals surface area contributed by atoms with E-state index in [0.29, 0.717) is 16.1 Å². The Kier molecular flexibility index (Phi) is 5.43. The first-order valence-electron chi connectivity index (χ1n) is 7.97. The lowest BCUT2D eigenvalue weighted by atomic mass is 10.2. The number of thioether (sulfide) groups is 1. The molecule has 1 N–H and O–H groups in total. The van der Waals surface area contributed by atoms with Crippen molar-refractivity contribution in [2.45, 2.75) is 36.9 Å². The van der Waals surface area contributed by atoms with Gasteiger partial charge >= 0.3 is 6.18 Å². The molecule has 134 valence electrons. The molecule has 0 spiro atoms. The summed E-state index contributed by atoms with van der Waals surface area (Å²) in [4.78, 5) is 4.47. The summed E-state index contributed by atoms with van der Waals surface area (Å²) in [6, 6.07) is 6.66. The normalized spacial score (nSPS) is 12.3. The van der Waals surface area contributed by atoms with Crippen molar-refractivity contribution in [3.8, 4) is 0 Å². The van der Waals surface area contributed by atoms with Gasteiger partial charge in [0, 0.05) is 6.61 Å². The number of unbranched alkanes of at least 4 members (excludes halogenated alkanes) is 3. The molecule has 0 fully saturated rings. The van der Waals surface area contributed by atoms with E-state index in [1.807, 2.05) is 0 Å². The molecule has 0 unspecified atom stereocenters. The first kappa shape index (κ1) is 17.9. The number of halogens is 3. The zero-order valence-corrected chi connectivity index (χ0v) is 14.1. The van der Waals surface area contributed by atoms with Crippen molar-refractivity contribution in [1.82, 2.24) is 19.6 Å². The molecule has 0 aliphatic carbocycles. The van der Waals surface area contributed by atoms with Crippen LogP contribution in [0.1, 0.15) is 31.5 Å². The molecule has 5 nitrogen and oxygen atoms in total. The topological polar surface area (TPSA) is 63.3 Å². The highest BCUT2D eigenvalue weighted by Gasteiger charge is 2.38. The smallest absolute Gasteiger partial charge is 0.396 e. The van der Waals surface area contributed by atoms with Crippen LogP contribution in [0.25, 0.3) is 16.7 Å². The van der Waals surface area contributed by atoms with Gasteiger partial charge in [0.05, 0.1) is 11.0 Å². The number of hydrogen-bond donors (Lipinski definition) is 1. The number of aromatic nitrogens is 4. The molecule has 0 bridgehead atoms. The largest absolute Gasteiger partial charge is 0.452 e. The van der Waals surface area contributed by atoms with E-state index in [0.717, 1.165) is 35.8 Å². The van der Waals surface area contributed by atoms with Gasteiger partial charge in [0.15, 0.2) is 5.65 Å². The molecule has 0 amide bonds. The Morgan fingerprint density at radius 3 is 2.56 bits per heavy atom. The maximum absolute atomic E-state index is 13.3. The first-order valence-corrected chi connectivity index (χ1v) is 8.95. The van der Waals surface area contributed by atoms with Gasteiger partial charge in [0.1, 0.15) is 5.03 Å². The molecular weight excluding hydrogens is 353 g/mol. The van der Waals surface area contributed by atoms with Gasteiger partial charge < -0.3 is 5.11 Å². The number of benzene rings is 1. The molecular formula is C16H17F3N4OS. The van der Waals surface area contributed by atoms with Gasteiger partial charge in [-0.2, -0.15) is 13.2 Å². The van der Waals surface area contributed by atoms with E-state index in [-0.39, 0.29) is 12.3 Å². The summed E-state index contributed by atoms with van der Waals surface area (Å²) >= 11 is 1.38. The molecule has 1 aromatic carbocycles. The van der Waals surface area contributed by atoms with E-state index in [1.165, 1.54) is 11.8 Å². The van der Waals surface area contributed by atoms with Gasteiger partial charge in [-0.3, -0.25) is 4.40 Å². The predicted molar refractivity (Wildman–Crippen MR) is 89.6 cm³/mol. The van der Waals surface area contributed by atoms with Crippen LogP contribution in [0.4, 0.5) is 13.2 Å². The molecule has 2 aromatic heterocycles. The van der Waals surface area contributed by atoms with Crippen molar-refractivity contribution < 1.29 is 18.3 Å². The fraction of sp³-hybridized carbons (Fsp3) is 0.438. The summed E-state index contributed by atoms with van der Waals surface area (Å²) in [5.74, 6) is -0.313. The Morgan fingerprint density at radius 1 is 1.04 bits per heavy atom. The van der Waals surface area contributed by atoms with Crippen molar-refractivity contribution in [2.75, 3.05) is 12.4 Å². The van der Waals surface area contributed by atoms with E-state index in [4.69, 9.17) is 5.11 Å². The average molecular weight is 370 g/mol. The molecule has 0 aliphatic heterocycles. The minimum Gasteiger partial charge on any atom is -0.396 e. The number of aliphatic hydroxyl groups excluding tert-OH is 1. The lowest BCUT2D eigenvalue weighted by Gasteiger charge is -2.09. The SMILES string of the molecule is OCCCCCCSc1nc2ccccc2n2c(C(F)(F)F)nnc12. The van der Waals surface area contributed by atoms with Crippen molar-refractivity contribution >= 4 is 28.4 Å². The second-order valence-corrected chi connectivity index (χ2v) is 6.66. The third-order valence-electron chi connectivity index (χ3n) is 3.74. The Hall–Kier alpha value is -1.87. The maximum atomic E-state index is 13.3. The second-order valence-electron chi connectivity index (χ2n) is 5.57. The minimum atomic E-state index is -4.59. The molecule has 25 heavy (non-hydrogen) atoms. The number of hydrogen-bond acceptors (Lipinski definition) is 5. The van der Waals surface area contributed by atoms with Crippen molar-refractivity contribution in [3.63, 3.8) is 0 Å². The molecule has 9 heteroatoms. The van der Waals surface area contributed by atoms with Gasteiger partial charge in [-0.25, -0.2) is 4.98 Å². The van der Waals surface area contributed by atoms with E-state index in [1.54, 1.807) is 24.3 Å². The Balaban J connectivity index is 1.94. The summed E-state index contributed by atoms with van der Waals surface area (Å²) in [5, 5.41) is 16.3. The summed E-state index contributed by atoms with van der Waals surface area (Å²) in [6.07, 6.45) is -1.04. The monoisotopic (exact) mass is 370 g/mol. The van der Waals surface area contributed by atoms with Crippen LogP contribution in [-0.2, 0) is 6.18 Å². The van der Waals surface area contributed by atoms with E-state index in [9.17, 15) is 13.2 Å². The molecule has 0 saturated heterocycles. The molecule has 0 radical (unpaired) electrons. The van der Waals surface area contributed by atoms with Crippen LogP contribution in [0, 0.1) is 0 Å². The molecule has 0 atom stereocenters. The fourth-order valence-corrected chi connectivity index (χ4v) is 3.54. The lowest BCUT2D eigenvalue weighted by molar-refractivity contribution is -0.145. The van der Waals surface area contributed by atoms with Gasteiger partial charge in [0.2, 0.25) is 5.82 Å². The number of nitrogens with zero attached hydrogens (tertiary/aromatic N) is 4.